The lowest BCUT2D eigenvalue weighted by molar-refractivity contribution is 0.718. The molecule has 0 aliphatic carbocycles. The van der Waals surface area contributed by atoms with Crippen LogP contribution in [0.2, 0.25) is 0 Å². The van der Waals surface area contributed by atoms with Crippen LogP contribution in [0.4, 0.5) is 0 Å². The number of benzene rings is 1. The summed E-state index contributed by atoms with van der Waals surface area (Å²) < 4.78 is 1.73. The SMILES string of the molecule is CC(N)C(C)Sc1nnnn1-c1ccccc1. The van der Waals surface area contributed by atoms with Crippen molar-refractivity contribution in [2.45, 2.75) is 30.3 Å². The van der Waals surface area contributed by atoms with Crippen LogP contribution < -0.4 is 5.73 Å². The van der Waals surface area contributed by atoms with Gasteiger partial charge in [-0.3, -0.25) is 0 Å². The molecule has 0 bridgehead atoms. The first-order valence-electron chi connectivity index (χ1n) is 5.44. The van der Waals surface area contributed by atoms with Crippen LogP contribution in [0.3, 0.4) is 0 Å². The first kappa shape index (κ1) is 12.1. The van der Waals surface area contributed by atoms with Crippen LogP contribution in [0.15, 0.2) is 35.5 Å². The van der Waals surface area contributed by atoms with Gasteiger partial charge in [0.1, 0.15) is 0 Å². The molecule has 6 heteroatoms. The third-order valence-corrected chi connectivity index (χ3v) is 3.74. The van der Waals surface area contributed by atoms with E-state index >= 15 is 0 Å². The van der Waals surface area contributed by atoms with E-state index < -0.39 is 0 Å². The molecule has 90 valence electrons. The van der Waals surface area contributed by atoms with Crippen LogP contribution >= 0.6 is 11.8 Å². The molecule has 2 aromatic rings. The van der Waals surface area contributed by atoms with Crippen LogP contribution in [-0.2, 0) is 0 Å². The zero-order valence-electron chi connectivity index (χ0n) is 9.82. The Balaban J connectivity index is 2.23. The molecule has 1 heterocycles. The van der Waals surface area contributed by atoms with Crippen molar-refractivity contribution in [3.05, 3.63) is 30.3 Å². The molecule has 1 aromatic heterocycles. The summed E-state index contributed by atoms with van der Waals surface area (Å²) in [5, 5.41) is 12.8. The maximum atomic E-state index is 5.84. The smallest absolute Gasteiger partial charge is 0.214 e. The van der Waals surface area contributed by atoms with E-state index in [1.165, 1.54) is 0 Å². The molecule has 0 aliphatic heterocycles. The van der Waals surface area contributed by atoms with Crippen molar-refractivity contribution >= 4 is 11.8 Å². The summed E-state index contributed by atoms with van der Waals surface area (Å²) in [6.45, 7) is 4.05. The average molecular weight is 249 g/mol. The zero-order chi connectivity index (χ0) is 12.3. The second-order valence-corrected chi connectivity index (χ2v) is 5.24. The predicted molar refractivity (Wildman–Crippen MR) is 68.1 cm³/mol. The van der Waals surface area contributed by atoms with Crippen molar-refractivity contribution in [3.63, 3.8) is 0 Å². The van der Waals surface area contributed by atoms with Crippen LogP contribution in [0, 0.1) is 0 Å². The molecule has 0 aliphatic rings. The number of para-hydroxylation sites is 1. The predicted octanol–water partition coefficient (Wildman–Crippen LogP) is 1.49. The summed E-state index contributed by atoms with van der Waals surface area (Å²) in [6, 6.07) is 9.92. The molecule has 0 spiro atoms. The summed E-state index contributed by atoms with van der Waals surface area (Å²) in [4.78, 5) is 0. The first-order valence-corrected chi connectivity index (χ1v) is 6.32. The summed E-state index contributed by atoms with van der Waals surface area (Å²) in [7, 11) is 0. The highest BCUT2D eigenvalue weighted by atomic mass is 32.2. The second kappa shape index (κ2) is 5.29. The summed E-state index contributed by atoms with van der Waals surface area (Å²) in [5.74, 6) is 0. The molecule has 2 unspecified atom stereocenters. The molecule has 1 aromatic carbocycles. The molecule has 5 nitrogen and oxygen atoms in total. The van der Waals surface area contributed by atoms with Gasteiger partial charge in [-0.25, -0.2) is 0 Å². The van der Waals surface area contributed by atoms with Crippen LogP contribution in [0.5, 0.6) is 0 Å². The Morgan fingerprint density at radius 3 is 2.59 bits per heavy atom. The Morgan fingerprint density at radius 2 is 1.94 bits per heavy atom. The Hall–Kier alpha value is -1.40. The van der Waals surface area contributed by atoms with Crippen LogP contribution in [0.1, 0.15) is 13.8 Å². The van der Waals surface area contributed by atoms with E-state index in [4.69, 9.17) is 5.73 Å². The molecule has 0 saturated carbocycles. The van der Waals surface area contributed by atoms with Crippen molar-refractivity contribution in [1.82, 2.24) is 20.2 Å². The number of nitrogens with zero attached hydrogens (tertiary/aromatic N) is 4. The second-order valence-electron chi connectivity index (χ2n) is 3.89. The van der Waals surface area contributed by atoms with Gasteiger partial charge in [0.05, 0.1) is 5.69 Å². The largest absolute Gasteiger partial charge is 0.327 e. The Bertz CT molecular complexity index is 468. The van der Waals surface area contributed by atoms with Gasteiger partial charge in [0, 0.05) is 11.3 Å². The summed E-state index contributed by atoms with van der Waals surface area (Å²) >= 11 is 1.58. The van der Waals surface area contributed by atoms with E-state index in [2.05, 4.69) is 22.4 Å². The fraction of sp³-hybridized carbons (Fsp3) is 0.364. The number of nitrogens with two attached hydrogens (primary N) is 1. The highest BCUT2D eigenvalue weighted by Gasteiger charge is 2.15. The number of thioether (sulfide) groups is 1. The fourth-order valence-corrected chi connectivity index (χ4v) is 2.13. The van der Waals surface area contributed by atoms with Crippen molar-refractivity contribution in [3.8, 4) is 5.69 Å². The summed E-state index contributed by atoms with van der Waals surface area (Å²) in [6.07, 6.45) is 0. The number of hydrogen-bond donors (Lipinski definition) is 1. The van der Waals surface area contributed by atoms with Gasteiger partial charge >= 0.3 is 0 Å². The van der Waals surface area contributed by atoms with E-state index in [0.29, 0.717) is 0 Å². The van der Waals surface area contributed by atoms with Gasteiger partial charge in [0.15, 0.2) is 0 Å². The Morgan fingerprint density at radius 1 is 1.24 bits per heavy atom. The van der Waals surface area contributed by atoms with Gasteiger partial charge in [-0.2, -0.15) is 4.68 Å². The first-order chi connectivity index (χ1) is 8.18. The highest BCUT2D eigenvalue weighted by molar-refractivity contribution is 7.99. The van der Waals surface area contributed by atoms with Gasteiger partial charge in [-0.15, -0.1) is 5.10 Å². The minimum absolute atomic E-state index is 0.0981. The topological polar surface area (TPSA) is 69.6 Å². The molecular formula is C11H15N5S. The molecule has 17 heavy (non-hydrogen) atoms. The molecule has 2 atom stereocenters. The molecular weight excluding hydrogens is 234 g/mol. The lowest BCUT2D eigenvalue weighted by Crippen LogP contribution is -2.26. The molecule has 0 fully saturated rings. The van der Waals surface area contributed by atoms with Crippen molar-refractivity contribution in [2.24, 2.45) is 5.73 Å². The standard InChI is InChI=1S/C11H15N5S/c1-8(12)9(2)17-11-13-14-15-16(11)10-6-4-3-5-7-10/h3-9H,12H2,1-2H3. The normalized spacial score (nSPS) is 14.5. The maximum absolute atomic E-state index is 5.84. The minimum Gasteiger partial charge on any atom is -0.327 e. The van der Waals surface area contributed by atoms with Crippen LogP contribution in [-0.4, -0.2) is 31.5 Å². The average Bonchev–Trinajstić information content (AvgIpc) is 2.78. The third-order valence-electron chi connectivity index (χ3n) is 2.47. The van der Waals surface area contributed by atoms with E-state index in [1.54, 1.807) is 16.4 Å². The third kappa shape index (κ3) is 2.83. The maximum Gasteiger partial charge on any atom is 0.214 e. The molecule has 0 amide bonds. The number of hydrogen-bond acceptors (Lipinski definition) is 5. The number of rotatable bonds is 4. The van der Waals surface area contributed by atoms with Crippen LogP contribution in [0.25, 0.3) is 5.69 Å². The molecule has 2 rings (SSSR count). The number of aromatic nitrogens is 4. The quantitative estimate of drug-likeness (QED) is 0.831. The van der Waals surface area contributed by atoms with Gasteiger partial charge in [-0.05, 0) is 29.5 Å². The van der Waals surface area contributed by atoms with E-state index in [0.717, 1.165) is 10.8 Å². The monoisotopic (exact) mass is 249 g/mol. The molecule has 0 saturated heterocycles. The van der Waals surface area contributed by atoms with Gasteiger partial charge in [-0.1, -0.05) is 36.9 Å². The lowest BCUT2D eigenvalue weighted by atomic mass is 10.3. The molecule has 0 radical (unpaired) electrons. The number of tetrazole rings is 1. The van der Waals surface area contributed by atoms with Gasteiger partial charge < -0.3 is 5.73 Å². The Labute approximate surface area is 104 Å². The van der Waals surface area contributed by atoms with Crippen molar-refractivity contribution < 1.29 is 0 Å². The lowest BCUT2D eigenvalue weighted by Gasteiger charge is -2.13. The fourth-order valence-electron chi connectivity index (χ4n) is 1.26. The van der Waals surface area contributed by atoms with Gasteiger partial charge in [0.25, 0.3) is 0 Å². The molecule has 2 N–H and O–H groups in total. The Kier molecular flexibility index (Phi) is 3.75. The highest BCUT2D eigenvalue weighted by Crippen LogP contribution is 2.23. The van der Waals surface area contributed by atoms with E-state index in [1.807, 2.05) is 37.3 Å². The minimum atomic E-state index is 0.0981. The van der Waals surface area contributed by atoms with Gasteiger partial charge in [0.2, 0.25) is 5.16 Å². The zero-order valence-corrected chi connectivity index (χ0v) is 10.6. The van der Waals surface area contributed by atoms with E-state index in [9.17, 15) is 0 Å². The van der Waals surface area contributed by atoms with Crippen molar-refractivity contribution in [2.75, 3.05) is 0 Å². The summed E-state index contributed by atoms with van der Waals surface area (Å²) in [5.41, 5.74) is 6.80. The van der Waals surface area contributed by atoms with Crippen molar-refractivity contribution in [1.29, 1.82) is 0 Å². The van der Waals surface area contributed by atoms with E-state index in [-0.39, 0.29) is 11.3 Å².